The third-order valence-corrected chi connectivity index (χ3v) is 7.29. The Morgan fingerprint density at radius 3 is 2.40 bits per heavy atom. The summed E-state index contributed by atoms with van der Waals surface area (Å²) in [6, 6.07) is 9.52. The van der Waals surface area contributed by atoms with Crippen molar-refractivity contribution in [3.63, 3.8) is 0 Å². The fourth-order valence-electron chi connectivity index (χ4n) is 4.73. The number of fused-ring (bicyclic) bond motifs is 2. The fourth-order valence-corrected chi connectivity index (χ4v) is 5.89. The Bertz CT molecular complexity index is 1030. The molecule has 0 radical (unpaired) electrons. The molecular weight excluding hydrogens is 402 g/mol. The van der Waals surface area contributed by atoms with Crippen LogP contribution in [0.2, 0.25) is 0 Å². The van der Waals surface area contributed by atoms with E-state index in [0.717, 1.165) is 16.0 Å². The first-order valence-corrected chi connectivity index (χ1v) is 10.8. The van der Waals surface area contributed by atoms with Gasteiger partial charge in [-0.25, -0.2) is 4.79 Å². The van der Waals surface area contributed by atoms with Crippen LogP contribution in [0.15, 0.2) is 42.5 Å². The average molecular weight is 426 g/mol. The van der Waals surface area contributed by atoms with Crippen molar-refractivity contribution in [2.24, 2.45) is 23.7 Å². The molecule has 1 heterocycles. The first-order chi connectivity index (χ1) is 14.5. The lowest BCUT2D eigenvalue weighted by Crippen LogP contribution is -2.36. The molecule has 4 rings (SSSR count). The standard InChI is InChI=1S/C23H23NO5S/c1-3-15-16(12-7-5-4-6-8-12)19(23(28)29-2)21(30-15)24-20(25)17-13-9-10-14(11-13)18(17)22(26)27/h4-10,13-14,17-18H,3,11H2,1-2H3,(H,24,25)(H,26,27)/t13-,14-,17-,18+/m0/s1. The number of benzene rings is 1. The predicted molar refractivity (Wildman–Crippen MR) is 114 cm³/mol. The maximum absolute atomic E-state index is 13.2. The minimum absolute atomic E-state index is 0.0862. The number of hydrogen-bond acceptors (Lipinski definition) is 5. The third kappa shape index (κ3) is 3.33. The van der Waals surface area contributed by atoms with Crippen molar-refractivity contribution in [1.82, 2.24) is 0 Å². The van der Waals surface area contributed by atoms with E-state index in [1.54, 1.807) is 0 Å². The van der Waals surface area contributed by atoms with Crippen LogP contribution in [0.5, 0.6) is 0 Å². The van der Waals surface area contributed by atoms with Crippen molar-refractivity contribution in [3.05, 3.63) is 52.9 Å². The number of carboxylic acids is 1. The second kappa shape index (κ2) is 8.07. The summed E-state index contributed by atoms with van der Waals surface area (Å²) in [5, 5.41) is 13.0. The van der Waals surface area contributed by atoms with Crippen LogP contribution in [0.1, 0.15) is 28.6 Å². The summed E-state index contributed by atoms with van der Waals surface area (Å²) < 4.78 is 5.02. The summed E-state index contributed by atoms with van der Waals surface area (Å²) in [6.45, 7) is 1.99. The molecule has 1 amide bonds. The van der Waals surface area contributed by atoms with Crippen LogP contribution in [0.25, 0.3) is 11.1 Å². The SMILES string of the molecule is CCc1sc(NC(=O)[C@@H]2[C@H](C(=O)O)[C@H]3C=C[C@H]2C3)c(C(=O)OC)c1-c1ccccc1. The Morgan fingerprint density at radius 1 is 1.13 bits per heavy atom. The van der Waals surface area contributed by atoms with Gasteiger partial charge in [-0.3, -0.25) is 9.59 Å². The van der Waals surface area contributed by atoms with E-state index < -0.39 is 23.8 Å². The topological polar surface area (TPSA) is 92.7 Å². The number of anilines is 1. The number of carbonyl (C=O) groups excluding carboxylic acids is 2. The summed E-state index contributed by atoms with van der Waals surface area (Å²) in [7, 11) is 1.31. The lowest BCUT2D eigenvalue weighted by molar-refractivity contribution is -0.146. The minimum atomic E-state index is -0.953. The summed E-state index contributed by atoms with van der Waals surface area (Å²) in [5.41, 5.74) is 1.95. The third-order valence-electron chi connectivity index (χ3n) is 6.04. The summed E-state index contributed by atoms with van der Waals surface area (Å²) in [5.74, 6) is -3.41. The van der Waals surface area contributed by atoms with Gasteiger partial charge in [0.25, 0.3) is 0 Å². The van der Waals surface area contributed by atoms with Crippen LogP contribution in [-0.2, 0) is 20.7 Å². The molecule has 7 heteroatoms. The zero-order valence-corrected chi connectivity index (χ0v) is 17.6. The van der Waals surface area contributed by atoms with Crippen LogP contribution < -0.4 is 5.32 Å². The van der Waals surface area contributed by atoms with Gasteiger partial charge in [-0.1, -0.05) is 49.4 Å². The Morgan fingerprint density at radius 2 is 1.80 bits per heavy atom. The van der Waals surface area contributed by atoms with E-state index in [9.17, 15) is 19.5 Å². The molecule has 2 N–H and O–H groups in total. The number of allylic oxidation sites excluding steroid dienone is 2. The van der Waals surface area contributed by atoms with Gasteiger partial charge in [0.05, 0.1) is 18.9 Å². The monoisotopic (exact) mass is 425 g/mol. The number of rotatable bonds is 6. The highest BCUT2D eigenvalue weighted by molar-refractivity contribution is 7.17. The summed E-state index contributed by atoms with van der Waals surface area (Å²) in [6.07, 6.45) is 5.21. The fraction of sp³-hybridized carbons (Fsp3) is 0.348. The van der Waals surface area contributed by atoms with Gasteiger partial charge in [0.15, 0.2) is 0 Å². The average Bonchev–Trinajstić information content (AvgIpc) is 3.46. The van der Waals surface area contributed by atoms with Crippen molar-refractivity contribution in [1.29, 1.82) is 0 Å². The number of methoxy groups -OCH3 is 1. The van der Waals surface area contributed by atoms with Gasteiger partial charge in [0.2, 0.25) is 5.91 Å². The van der Waals surface area contributed by atoms with Crippen molar-refractivity contribution in [2.45, 2.75) is 19.8 Å². The molecule has 1 fully saturated rings. The Kier molecular flexibility index (Phi) is 5.47. The molecule has 0 saturated heterocycles. The van der Waals surface area contributed by atoms with Crippen LogP contribution in [0, 0.1) is 23.7 Å². The second-order valence-electron chi connectivity index (χ2n) is 7.64. The Hall–Kier alpha value is -2.93. The number of esters is 1. The minimum Gasteiger partial charge on any atom is -0.481 e. The van der Waals surface area contributed by atoms with E-state index in [0.29, 0.717) is 23.4 Å². The first kappa shape index (κ1) is 20.3. The summed E-state index contributed by atoms with van der Waals surface area (Å²) >= 11 is 1.34. The molecule has 156 valence electrons. The van der Waals surface area contributed by atoms with E-state index in [1.165, 1.54) is 18.4 Å². The Labute approximate surface area is 178 Å². The molecular formula is C23H23NO5S. The highest BCUT2D eigenvalue weighted by atomic mass is 32.1. The van der Waals surface area contributed by atoms with Gasteiger partial charge in [0.1, 0.15) is 10.6 Å². The molecule has 1 aromatic carbocycles. The smallest absolute Gasteiger partial charge is 0.341 e. The molecule has 4 atom stereocenters. The van der Waals surface area contributed by atoms with Crippen molar-refractivity contribution in [3.8, 4) is 11.1 Å². The zero-order valence-electron chi connectivity index (χ0n) is 16.8. The lowest BCUT2D eigenvalue weighted by atomic mass is 9.82. The maximum atomic E-state index is 13.2. The molecule has 2 aliphatic rings. The molecule has 0 aliphatic heterocycles. The Balaban J connectivity index is 1.73. The summed E-state index contributed by atoms with van der Waals surface area (Å²) in [4.78, 5) is 38.6. The number of hydrogen-bond donors (Lipinski definition) is 2. The molecule has 1 saturated carbocycles. The van der Waals surface area contributed by atoms with Crippen LogP contribution >= 0.6 is 11.3 Å². The molecule has 6 nitrogen and oxygen atoms in total. The number of carboxylic acid groups (broad SMARTS) is 1. The van der Waals surface area contributed by atoms with Gasteiger partial charge in [-0.15, -0.1) is 11.3 Å². The number of amides is 1. The van der Waals surface area contributed by atoms with E-state index in [2.05, 4.69) is 5.32 Å². The van der Waals surface area contributed by atoms with E-state index in [4.69, 9.17) is 4.74 Å². The molecule has 2 aromatic rings. The van der Waals surface area contributed by atoms with Gasteiger partial charge < -0.3 is 15.2 Å². The van der Waals surface area contributed by atoms with E-state index in [-0.39, 0.29) is 17.7 Å². The van der Waals surface area contributed by atoms with Gasteiger partial charge in [-0.05, 0) is 30.2 Å². The largest absolute Gasteiger partial charge is 0.481 e. The van der Waals surface area contributed by atoms with E-state index in [1.807, 2.05) is 49.4 Å². The maximum Gasteiger partial charge on any atom is 0.341 e. The zero-order chi connectivity index (χ0) is 21.4. The highest BCUT2D eigenvalue weighted by Crippen LogP contribution is 2.49. The highest BCUT2D eigenvalue weighted by Gasteiger charge is 2.51. The number of ether oxygens (including phenoxy) is 1. The first-order valence-electron chi connectivity index (χ1n) is 9.97. The molecule has 1 aromatic heterocycles. The lowest BCUT2D eigenvalue weighted by Gasteiger charge is -2.23. The molecule has 2 bridgehead atoms. The number of aryl methyl sites for hydroxylation is 1. The normalized spacial score (nSPS) is 24.1. The number of carbonyl (C=O) groups is 3. The van der Waals surface area contributed by atoms with Gasteiger partial charge in [-0.2, -0.15) is 0 Å². The van der Waals surface area contributed by atoms with Crippen LogP contribution in [0.3, 0.4) is 0 Å². The quantitative estimate of drug-likeness (QED) is 0.534. The predicted octanol–water partition coefficient (Wildman–Crippen LogP) is 4.23. The van der Waals surface area contributed by atoms with Crippen LogP contribution in [-0.4, -0.2) is 30.1 Å². The molecule has 30 heavy (non-hydrogen) atoms. The molecule has 2 aliphatic carbocycles. The van der Waals surface area contributed by atoms with Crippen LogP contribution in [0.4, 0.5) is 5.00 Å². The van der Waals surface area contributed by atoms with Crippen molar-refractivity contribution < 1.29 is 24.2 Å². The van der Waals surface area contributed by atoms with Crippen molar-refractivity contribution >= 4 is 34.2 Å². The van der Waals surface area contributed by atoms with Gasteiger partial charge >= 0.3 is 11.9 Å². The van der Waals surface area contributed by atoms with Gasteiger partial charge in [0, 0.05) is 10.4 Å². The molecule has 0 unspecified atom stereocenters. The number of aliphatic carboxylic acids is 1. The van der Waals surface area contributed by atoms with Crippen molar-refractivity contribution in [2.75, 3.05) is 12.4 Å². The second-order valence-corrected chi connectivity index (χ2v) is 8.75. The number of thiophene rings is 1. The number of nitrogens with one attached hydrogen (secondary N) is 1. The van der Waals surface area contributed by atoms with E-state index >= 15 is 0 Å². The molecule has 0 spiro atoms.